The van der Waals surface area contributed by atoms with Gasteiger partial charge in [-0.25, -0.2) is 4.79 Å². The molecule has 0 spiro atoms. The van der Waals surface area contributed by atoms with Crippen LogP contribution in [0.1, 0.15) is 12.6 Å². The highest BCUT2D eigenvalue weighted by atomic mass is 16.5. The van der Waals surface area contributed by atoms with Crippen LogP contribution in [-0.4, -0.2) is 30.2 Å². The van der Waals surface area contributed by atoms with Gasteiger partial charge in [-0.2, -0.15) is 0 Å². The second-order valence-corrected chi connectivity index (χ2v) is 4.56. The van der Waals surface area contributed by atoms with Crippen LogP contribution in [0.2, 0.25) is 0 Å². The summed E-state index contributed by atoms with van der Waals surface area (Å²) in [5.74, 6) is 0.290. The summed E-state index contributed by atoms with van der Waals surface area (Å²) in [5.41, 5.74) is 0.0967. The van der Waals surface area contributed by atoms with Crippen LogP contribution in [0.5, 0.6) is 5.75 Å². The minimum absolute atomic E-state index is 0.446. The number of nitrogens with one attached hydrogen (secondary N) is 1. The zero-order chi connectivity index (χ0) is 15.3. The summed E-state index contributed by atoms with van der Waals surface area (Å²) in [7, 11) is 2.94. The van der Waals surface area contributed by atoms with Gasteiger partial charge >= 0.3 is 5.97 Å². The van der Waals surface area contributed by atoms with E-state index < -0.39 is 11.5 Å². The second-order valence-electron chi connectivity index (χ2n) is 4.56. The molecule has 0 saturated heterocycles. The maximum atomic E-state index is 12.2. The van der Waals surface area contributed by atoms with E-state index >= 15 is 0 Å². The van der Waals surface area contributed by atoms with Gasteiger partial charge in [0, 0.05) is 18.1 Å². The third-order valence-corrected chi connectivity index (χ3v) is 3.15. The first kappa shape index (κ1) is 14.8. The molecule has 6 heteroatoms. The van der Waals surface area contributed by atoms with Crippen molar-refractivity contribution in [1.29, 1.82) is 0 Å². The summed E-state index contributed by atoms with van der Waals surface area (Å²) in [6.45, 7) is 1.70. The summed E-state index contributed by atoms with van der Waals surface area (Å²) in [6, 6.07) is 7.24. The maximum absolute atomic E-state index is 12.2. The number of methoxy groups -OCH3 is 2. The molecule has 0 bridgehead atoms. The Labute approximate surface area is 123 Å². The van der Waals surface area contributed by atoms with Crippen molar-refractivity contribution in [2.24, 2.45) is 0 Å². The van der Waals surface area contributed by atoms with Gasteiger partial charge in [0.2, 0.25) is 0 Å². The van der Waals surface area contributed by atoms with Crippen LogP contribution in [0, 0.1) is 0 Å². The third-order valence-electron chi connectivity index (χ3n) is 3.15. The highest BCUT2D eigenvalue weighted by Gasteiger charge is 2.38. The van der Waals surface area contributed by atoms with Gasteiger partial charge in [0.05, 0.1) is 26.1 Å². The Bertz CT molecular complexity index is 601. The molecule has 1 aromatic heterocycles. The van der Waals surface area contributed by atoms with Crippen molar-refractivity contribution in [3.63, 3.8) is 0 Å². The molecule has 0 aliphatic heterocycles. The topological polar surface area (TPSA) is 73.3 Å². The van der Waals surface area contributed by atoms with Crippen LogP contribution < -0.4 is 10.1 Å². The van der Waals surface area contributed by atoms with Crippen LogP contribution in [-0.2, 0) is 15.1 Å². The molecule has 0 radical (unpaired) electrons. The van der Waals surface area contributed by atoms with Crippen molar-refractivity contribution in [3.05, 3.63) is 48.5 Å². The van der Waals surface area contributed by atoms with Gasteiger partial charge in [0.15, 0.2) is 5.54 Å². The monoisotopic (exact) mass is 287 g/mol. The second kappa shape index (κ2) is 6.21. The van der Waals surface area contributed by atoms with E-state index in [1.54, 1.807) is 32.4 Å². The van der Waals surface area contributed by atoms with Crippen LogP contribution in [0.25, 0.3) is 0 Å². The maximum Gasteiger partial charge on any atom is 0.337 e. The van der Waals surface area contributed by atoms with Crippen LogP contribution >= 0.6 is 0 Å². The summed E-state index contributed by atoms with van der Waals surface area (Å²) in [6.07, 6.45) is 4.62. The normalized spacial score (nSPS) is 13.1. The SMILES string of the molecule is COC(=O)C(C)(Nc1ccc(OC)cc1)c1cnccn1. The molecule has 0 aliphatic rings. The molecule has 0 fully saturated rings. The number of hydrogen-bond acceptors (Lipinski definition) is 6. The van der Waals surface area contributed by atoms with Gasteiger partial charge in [-0.1, -0.05) is 0 Å². The number of rotatable bonds is 5. The van der Waals surface area contributed by atoms with Gasteiger partial charge in [-0.3, -0.25) is 9.97 Å². The number of ether oxygens (including phenoxy) is 2. The first-order valence-corrected chi connectivity index (χ1v) is 6.37. The van der Waals surface area contributed by atoms with E-state index in [1.807, 2.05) is 12.1 Å². The van der Waals surface area contributed by atoms with Gasteiger partial charge in [-0.15, -0.1) is 0 Å². The molecule has 0 saturated carbocycles. The number of benzene rings is 1. The summed E-state index contributed by atoms with van der Waals surface area (Å²) < 4.78 is 10.0. The number of aromatic nitrogens is 2. The minimum atomic E-state index is -1.13. The van der Waals surface area contributed by atoms with E-state index in [-0.39, 0.29) is 0 Å². The Balaban J connectivity index is 2.34. The van der Waals surface area contributed by atoms with Crippen molar-refractivity contribution in [3.8, 4) is 5.75 Å². The first-order valence-electron chi connectivity index (χ1n) is 6.37. The lowest BCUT2D eigenvalue weighted by atomic mass is 9.97. The van der Waals surface area contributed by atoms with Crippen molar-refractivity contribution < 1.29 is 14.3 Å². The molecule has 1 heterocycles. The Morgan fingerprint density at radius 1 is 1.19 bits per heavy atom. The molecule has 1 aromatic carbocycles. The Morgan fingerprint density at radius 3 is 2.43 bits per heavy atom. The lowest BCUT2D eigenvalue weighted by Crippen LogP contribution is -2.42. The average molecular weight is 287 g/mol. The van der Waals surface area contributed by atoms with Crippen LogP contribution in [0.3, 0.4) is 0 Å². The van der Waals surface area contributed by atoms with Crippen molar-refractivity contribution in [1.82, 2.24) is 9.97 Å². The molecule has 110 valence electrons. The Morgan fingerprint density at radius 2 is 1.90 bits per heavy atom. The van der Waals surface area contributed by atoms with Crippen molar-refractivity contribution >= 4 is 11.7 Å². The molecule has 0 amide bonds. The van der Waals surface area contributed by atoms with E-state index in [0.29, 0.717) is 5.69 Å². The van der Waals surface area contributed by atoms with Crippen molar-refractivity contribution in [2.75, 3.05) is 19.5 Å². The number of nitrogens with zero attached hydrogens (tertiary/aromatic N) is 2. The number of esters is 1. The number of anilines is 1. The number of carbonyl (C=O) groups excluding carboxylic acids is 1. The van der Waals surface area contributed by atoms with E-state index in [9.17, 15) is 4.79 Å². The standard InChI is InChI=1S/C15H17N3O3/c1-15(14(19)21-3,13-10-16-8-9-17-13)18-11-4-6-12(20-2)7-5-11/h4-10,18H,1-3H3. The fourth-order valence-electron chi connectivity index (χ4n) is 1.94. The van der Waals surface area contributed by atoms with Crippen LogP contribution in [0.15, 0.2) is 42.9 Å². The zero-order valence-corrected chi connectivity index (χ0v) is 12.2. The van der Waals surface area contributed by atoms with Gasteiger partial charge < -0.3 is 14.8 Å². The highest BCUT2D eigenvalue weighted by molar-refractivity contribution is 5.85. The largest absolute Gasteiger partial charge is 0.497 e. The third kappa shape index (κ3) is 3.10. The number of carbonyl (C=O) groups is 1. The van der Waals surface area contributed by atoms with E-state index in [0.717, 1.165) is 11.4 Å². The molecule has 21 heavy (non-hydrogen) atoms. The smallest absolute Gasteiger partial charge is 0.337 e. The van der Waals surface area contributed by atoms with E-state index in [2.05, 4.69) is 15.3 Å². The quantitative estimate of drug-likeness (QED) is 0.848. The lowest BCUT2D eigenvalue weighted by molar-refractivity contribution is -0.145. The predicted molar refractivity (Wildman–Crippen MR) is 78.0 cm³/mol. The zero-order valence-electron chi connectivity index (χ0n) is 12.2. The fourth-order valence-corrected chi connectivity index (χ4v) is 1.94. The lowest BCUT2D eigenvalue weighted by Gasteiger charge is -2.28. The van der Waals surface area contributed by atoms with Crippen molar-refractivity contribution in [2.45, 2.75) is 12.5 Å². The van der Waals surface area contributed by atoms with E-state index in [4.69, 9.17) is 9.47 Å². The molecule has 1 N–H and O–H groups in total. The molecular weight excluding hydrogens is 270 g/mol. The number of hydrogen-bond donors (Lipinski definition) is 1. The van der Waals surface area contributed by atoms with Gasteiger partial charge in [-0.05, 0) is 31.2 Å². The molecule has 2 rings (SSSR count). The fraction of sp³-hybridized carbons (Fsp3) is 0.267. The average Bonchev–Trinajstić information content (AvgIpc) is 2.55. The molecule has 1 atom stereocenters. The first-order chi connectivity index (χ1) is 10.1. The summed E-state index contributed by atoms with van der Waals surface area (Å²) in [4.78, 5) is 20.4. The molecule has 0 aliphatic carbocycles. The predicted octanol–water partition coefficient (Wildman–Crippen LogP) is 1.99. The molecule has 2 aromatic rings. The molecular formula is C15H17N3O3. The summed E-state index contributed by atoms with van der Waals surface area (Å²) >= 11 is 0. The van der Waals surface area contributed by atoms with Gasteiger partial charge in [0.25, 0.3) is 0 Å². The Kier molecular flexibility index (Phi) is 4.37. The van der Waals surface area contributed by atoms with Gasteiger partial charge in [0.1, 0.15) is 5.75 Å². The highest BCUT2D eigenvalue weighted by Crippen LogP contribution is 2.26. The molecule has 1 unspecified atom stereocenters. The minimum Gasteiger partial charge on any atom is -0.497 e. The molecule has 6 nitrogen and oxygen atoms in total. The van der Waals surface area contributed by atoms with E-state index in [1.165, 1.54) is 19.5 Å². The Hall–Kier alpha value is -2.63. The summed E-state index contributed by atoms with van der Waals surface area (Å²) in [5, 5.41) is 3.14. The van der Waals surface area contributed by atoms with Crippen LogP contribution in [0.4, 0.5) is 5.69 Å².